The Morgan fingerprint density at radius 3 is 2.39 bits per heavy atom. The molecule has 0 aliphatic heterocycles. The maximum Gasteiger partial charge on any atom is 0.344 e. The van der Waals surface area contributed by atoms with Crippen molar-refractivity contribution in [3.05, 3.63) is 82.3 Å². The van der Waals surface area contributed by atoms with Gasteiger partial charge in [0.25, 0.3) is 0 Å². The molecule has 2 amide bonds. The number of amides is 2. The lowest BCUT2D eigenvalue weighted by Crippen LogP contribution is -2.35. The number of thiophene rings is 1. The molecule has 3 rings (SSSR count). The Morgan fingerprint density at radius 2 is 1.79 bits per heavy atom. The van der Waals surface area contributed by atoms with Crippen LogP contribution < -0.4 is 14.4 Å². The highest BCUT2D eigenvalue weighted by Crippen LogP contribution is 2.23. The first kappa shape index (κ1) is 19.9. The van der Waals surface area contributed by atoms with Crippen LogP contribution in [0.25, 0.3) is 0 Å². The Hall–Kier alpha value is -2.84. The van der Waals surface area contributed by atoms with Crippen molar-refractivity contribution in [2.45, 2.75) is 13.0 Å². The van der Waals surface area contributed by atoms with Gasteiger partial charge in [-0.2, -0.15) is 11.3 Å². The average molecular weight is 416 g/mol. The Balaban J connectivity index is 1.60. The molecule has 1 heterocycles. The molecule has 144 valence electrons. The lowest BCUT2D eigenvalue weighted by Gasteiger charge is -2.20. The summed E-state index contributed by atoms with van der Waals surface area (Å²) < 4.78 is 19.4. The molecule has 1 atom stereocenters. The number of nitrogens with one attached hydrogen (secondary N) is 1. The first-order valence-corrected chi connectivity index (χ1v) is 9.68. The smallest absolute Gasteiger partial charge is 0.344 e. The molecule has 0 saturated carbocycles. The van der Waals surface area contributed by atoms with Gasteiger partial charge in [0.2, 0.25) is 0 Å². The van der Waals surface area contributed by atoms with Gasteiger partial charge in [-0.25, -0.2) is 18.3 Å². The van der Waals surface area contributed by atoms with E-state index in [-0.39, 0.29) is 11.9 Å². The molecule has 0 radical (unpaired) electrons. The lowest BCUT2D eigenvalue weighted by atomic mass is 10.1. The second-order valence-corrected chi connectivity index (χ2v) is 7.11. The quantitative estimate of drug-likeness (QED) is 0.340. The molecule has 0 aliphatic carbocycles. The summed E-state index contributed by atoms with van der Waals surface area (Å²) in [6.07, 6.45) is 0. The molecule has 2 aromatic carbocycles. The SMILES string of the molecule is CC(NC(=O)N(S)c1ccc(OC(=O)c2ccsc2)cc1)c1ccc(F)cc1. The van der Waals surface area contributed by atoms with E-state index in [4.69, 9.17) is 4.74 Å². The molecule has 8 heteroatoms. The van der Waals surface area contributed by atoms with E-state index in [2.05, 4.69) is 18.1 Å². The highest BCUT2D eigenvalue weighted by Gasteiger charge is 2.16. The number of thiol groups is 1. The number of urea groups is 1. The highest BCUT2D eigenvalue weighted by molar-refractivity contribution is 7.82. The number of hydrogen-bond donors (Lipinski definition) is 2. The molecule has 1 unspecified atom stereocenters. The van der Waals surface area contributed by atoms with Crippen LogP contribution in [-0.4, -0.2) is 12.0 Å². The largest absolute Gasteiger partial charge is 0.423 e. The van der Waals surface area contributed by atoms with E-state index >= 15 is 0 Å². The van der Waals surface area contributed by atoms with Crippen molar-refractivity contribution in [3.8, 4) is 5.75 Å². The fourth-order valence-corrected chi connectivity index (χ4v) is 3.22. The van der Waals surface area contributed by atoms with Crippen LogP contribution in [0.1, 0.15) is 28.9 Å². The van der Waals surface area contributed by atoms with E-state index < -0.39 is 12.0 Å². The van der Waals surface area contributed by atoms with Crippen LogP contribution in [0, 0.1) is 5.82 Å². The number of carbonyl (C=O) groups excluding carboxylic acids is 2. The number of halogens is 1. The predicted octanol–water partition coefficient (Wildman–Crippen LogP) is 5.23. The molecule has 1 aromatic heterocycles. The second-order valence-electron chi connectivity index (χ2n) is 5.93. The van der Waals surface area contributed by atoms with Gasteiger partial charge in [-0.15, -0.1) is 0 Å². The van der Waals surface area contributed by atoms with Crippen LogP contribution in [0.5, 0.6) is 5.75 Å². The van der Waals surface area contributed by atoms with Gasteiger partial charge in [0.15, 0.2) is 0 Å². The normalized spacial score (nSPS) is 11.5. The average Bonchev–Trinajstić information content (AvgIpc) is 3.23. The minimum absolute atomic E-state index is 0.325. The number of ether oxygens (including phenoxy) is 1. The van der Waals surface area contributed by atoms with Gasteiger partial charge in [-0.1, -0.05) is 24.9 Å². The third kappa shape index (κ3) is 4.90. The predicted molar refractivity (Wildman–Crippen MR) is 111 cm³/mol. The van der Waals surface area contributed by atoms with Crippen molar-refractivity contribution in [2.75, 3.05) is 4.31 Å². The van der Waals surface area contributed by atoms with Crippen LogP contribution in [-0.2, 0) is 0 Å². The van der Waals surface area contributed by atoms with Crippen molar-refractivity contribution < 1.29 is 18.7 Å². The fraction of sp³-hybridized carbons (Fsp3) is 0.100. The van der Waals surface area contributed by atoms with Gasteiger partial charge in [-0.05, 0) is 60.3 Å². The second kappa shape index (κ2) is 8.90. The van der Waals surface area contributed by atoms with Gasteiger partial charge in [0, 0.05) is 5.38 Å². The molecular weight excluding hydrogens is 399 g/mol. The maximum absolute atomic E-state index is 13.0. The summed E-state index contributed by atoms with van der Waals surface area (Å²) in [5.41, 5.74) is 1.76. The van der Waals surface area contributed by atoms with Crippen LogP contribution in [0.3, 0.4) is 0 Å². The fourth-order valence-electron chi connectivity index (χ4n) is 2.40. The summed E-state index contributed by atoms with van der Waals surface area (Å²) in [7, 11) is 0. The van der Waals surface area contributed by atoms with E-state index in [0.29, 0.717) is 17.0 Å². The monoisotopic (exact) mass is 416 g/mol. The molecule has 3 aromatic rings. The van der Waals surface area contributed by atoms with E-state index in [0.717, 1.165) is 9.87 Å². The molecular formula is C20H17FN2O3S2. The van der Waals surface area contributed by atoms with Gasteiger partial charge in [0.05, 0.1) is 17.3 Å². The third-order valence-electron chi connectivity index (χ3n) is 3.95. The molecule has 5 nitrogen and oxygen atoms in total. The van der Waals surface area contributed by atoms with Crippen molar-refractivity contribution in [1.82, 2.24) is 5.32 Å². The van der Waals surface area contributed by atoms with Gasteiger partial charge < -0.3 is 10.1 Å². The zero-order chi connectivity index (χ0) is 20.1. The van der Waals surface area contributed by atoms with E-state index in [9.17, 15) is 14.0 Å². The Bertz CT molecular complexity index is 945. The van der Waals surface area contributed by atoms with Crippen LogP contribution in [0.15, 0.2) is 65.4 Å². The first-order valence-electron chi connectivity index (χ1n) is 8.33. The lowest BCUT2D eigenvalue weighted by molar-refractivity contribution is 0.0735. The maximum atomic E-state index is 13.0. The summed E-state index contributed by atoms with van der Waals surface area (Å²) in [4.78, 5) is 24.3. The standard InChI is InChI=1S/C20H17FN2O3S2/c1-13(14-2-4-16(21)5-3-14)22-20(25)23(27)17-6-8-18(9-7-17)26-19(24)15-10-11-28-12-15/h2-13,27H,1H3,(H,22,25). The molecule has 0 aliphatic rings. The summed E-state index contributed by atoms with van der Waals surface area (Å²) in [6.45, 7) is 1.79. The molecule has 1 N–H and O–H groups in total. The minimum Gasteiger partial charge on any atom is -0.423 e. The van der Waals surface area contributed by atoms with Crippen molar-refractivity contribution in [2.24, 2.45) is 0 Å². The number of hydrogen-bond acceptors (Lipinski definition) is 5. The number of nitrogens with zero attached hydrogens (tertiary/aromatic N) is 1. The number of benzene rings is 2. The summed E-state index contributed by atoms with van der Waals surface area (Å²) in [5, 5.41) is 6.29. The summed E-state index contributed by atoms with van der Waals surface area (Å²) >= 11 is 5.64. The zero-order valence-corrected chi connectivity index (χ0v) is 16.5. The number of carbonyl (C=O) groups is 2. The minimum atomic E-state index is -0.442. The Morgan fingerprint density at radius 1 is 1.11 bits per heavy atom. The zero-order valence-electron chi connectivity index (χ0n) is 14.8. The third-order valence-corrected chi connectivity index (χ3v) is 5.05. The Kier molecular flexibility index (Phi) is 6.33. The molecule has 0 bridgehead atoms. The van der Waals surface area contributed by atoms with Gasteiger partial charge in [-0.3, -0.25) is 0 Å². The van der Waals surface area contributed by atoms with Crippen LogP contribution >= 0.6 is 24.2 Å². The molecule has 0 fully saturated rings. The van der Waals surface area contributed by atoms with Crippen molar-refractivity contribution in [3.63, 3.8) is 0 Å². The Labute approximate surface area is 171 Å². The molecule has 0 spiro atoms. The van der Waals surface area contributed by atoms with Crippen molar-refractivity contribution in [1.29, 1.82) is 0 Å². The number of anilines is 1. The topological polar surface area (TPSA) is 58.6 Å². The van der Waals surface area contributed by atoms with Crippen LogP contribution in [0.4, 0.5) is 14.9 Å². The molecule has 0 saturated heterocycles. The number of rotatable bonds is 5. The van der Waals surface area contributed by atoms with E-state index in [1.165, 1.54) is 23.5 Å². The molecule has 28 heavy (non-hydrogen) atoms. The van der Waals surface area contributed by atoms with Crippen LogP contribution in [0.2, 0.25) is 0 Å². The first-order chi connectivity index (χ1) is 13.4. The van der Waals surface area contributed by atoms with E-state index in [1.807, 2.05) is 0 Å². The number of esters is 1. The highest BCUT2D eigenvalue weighted by atomic mass is 32.1. The van der Waals surface area contributed by atoms with Crippen molar-refractivity contribution >= 4 is 41.8 Å². The summed E-state index contributed by atoms with van der Waals surface area (Å²) in [6, 6.07) is 13.2. The summed E-state index contributed by atoms with van der Waals surface area (Å²) in [5.74, 6) is -0.415. The van der Waals surface area contributed by atoms with Gasteiger partial charge in [0.1, 0.15) is 11.6 Å². The van der Waals surface area contributed by atoms with Gasteiger partial charge >= 0.3 is 12.0 Å². The van der Waals surface area contributed by atoms with E-state index in [1.54, 1.807) is 60.1 Å².